The van der Waals surface area contributed by atoms with E-state index in [2.05, 4.69) is 0 Å². The summed E-state index contributed by atoms with van der Waals surface area (Å²) >= 11 is 17.2. The Balaban J connectivity index is 2.18. The van der Waals surface area contributed by atoms with Crippen LogP contribution in [0.1, 0.15) is 13.8 Å². The molecule has 23 heavy (non-hydrogen) atoms. The van der Waals surface area contributed by atoms with Crippen molar-refractivity contribution in [2.75, 3.05) is 6.61 Å². The number of esters is 2. The molecule has 2 aliphatic heterocycles. The molecule has 2 rings (SSSR count). The van der Waals surface area contributed by atoms with Crippen LogP contribution in [0, 0.1) is 0 Å². The van der Waals surface area contributed by atoms with Crippen LogP contribution < -0.4 is 0 Å². The molecule has 2 heterocycles. The number of hydrogen-bond acceptors (Lipinski definition) is 7. The number of ether oxygens (including phenoxy) is 5. The maximum Gasteiger partial charge on any atom is 0.303 e. The van der Waals surface area contributed by atoms with Gasteiger partial charge in [0.05, 0.1) is 0 Å². The maximum atomic E-state index is 14.2. The van der Waals surface area contributed by atoms with E-state index in [1.165, 1.54) is 6.92 Å². The molecule has 0 aromatic carbocycles. The molecule has 0 aromatic heterocycles. The van der Waals surface area contributed by atoms with Crippen LogP contribution in [0.3, 0.4) is 0 Å². The van der Waals surface area contributed by atoms with Crippen LogP contribution in [0.2, 0.25) is 0 Å². The molecule has 0 aliphatic carbocycles. The van der Waals surface area contributed by atoms with Crippen molar-refractivity contribution in [2.45, 2.75) is 54.7 Å². The molecule has 0 amide bonds. The van der Waals surface area contributed by atoms with Gasteiger partial charge in [-0.15, -0.1) is 0 Å². The van der Waals surface area contributed by atoms with Crippen molar-refractivity contribution in [1.29, 1.82) is 0 Å². The summed E-state index contributed by atoms with van der Waals surface area (Å²) in [5.41, 5.74) is 0. The van der Waals surface area contributed by atoms with Crippen molar-refractivity contribution in [2.24, 2.45) is 0 Å². The molecule has 0 unspecified atom stereocenters. The van der Waals surface area contributed by atoms with Crippen LogP contribution in [0.25, 0.3) is 0 Å². The molecule has 0 radical (unpaired) electrons. The van der Waals surface area contributed by atoms with Crippen molar-refractivity contribution >= 4 is 46.7 Å². The molecule has 6 atom stereocenters. The van der Waals surface area contributed by atoms with Gasteiger partial charge in [-0.1, -0.05) is 34.8 Å². The lowest BCUT2D eigenvalue weighted by Gasteiger charge is -2.37. The smallest absolute Gasteiger partial charge is 0.303 e. The predicted octanol–water partition coefficient (Wildman–Crippen LogP) is 1.66. The van der Waals surface area contributed by atoms with E-state index in [1.807, 2.05) is 0 Å². The average molecular weight is 396 g/mol. The van der Waals surface area contributed by atoms with Crippen molar-refractivity contribution in [3.8, 4) is 0 Å². The van der Waals surface area contributed by atoms with E-state index in [4.69, 9.17) is 58.5 Å². The zero-order valence-electron chi connectivity index (χ0n) is 12.0. The van der Waals surface area contributed by atoms with E-state index in [0.29, 0.717) is 0 Å². The Kier molecular flexibility index (Phi) is 5.97. The number of carbonyl (C=O) groups is 2. The highest BCUT2D eigenvalue weighted by Gasteiger charge is 2.58. The van der Waals surface area contributed by atoms with Gasteiger partial charge >= 0.3 is 11.9 Å². The first-order valence-corrected chi connectivity index (χ1v) is 7.70. The third-order valence-electron chi connectivity index (χ3n) is 3.16. The molecule has 132 valence electrons. The summed E-state index contributed by atoms with van der Waals surface area (Å²) in [4.78, 5) is 22.0. The summed E-state index contributed by atoms with van der Waals surface area (Å²) in [7, 11) is 0. The molecule has 2 aliphatic rings. The van der Waals surface area contributed by atoms with Gasteiger partial charge in [0.25, 0.3) is 0 Å². The number of alkyl halides is 4. The molecule has 11 heteroatoms. The molecular weight excluding hydrogens is 381 g/mol. The van der Waals surface area contributed by atoms with Gasteiger partial charge in [-0.3, -0.25) is 9.59 Å². The number of carbonyl (C=O) groups excluding carboxylic acids is 2. The number of hydrogen-bond donors (Lipinski definition) is 0. The summed E-state index contributed by atoms with van der Waals surface area (Å²) in [5, 5.41) is 0. The van der Waals surface area contributed by atoms with Crippen molar-refractivity contribution < 1.29 is 37.7 Å². The lowest BCUT2D eigenvalue weighted by atomic mass is 9.99. The molecule has 2 saturated heterocycles. The van der Waals surface area contributed by atoms with Crippen molar-refractivity contribution in [1.82, 2.24) is 0 Å². The van der Waals surface area contributed by atoms with Crippen LogP contribution in [0.5, 0.6) is 0 Å². The molecule has 0 saturated carbocycles. The molecular formula is C12H14Cl3FO7. The number of fused-ring (bicyclic) bond motifs is 1. The highest BCUT2D eigenvalue weighted by molar-refractivity contribution is 6.67. The molecule has 0 bridgehead atoms. The van der Waals surface area contributed by atoms with Crippen LogP contribution in [-0.2, 0) is 33.3 Å². The minimum absolute atomic E-state index is 0.292. The maximum absolute atomic E-state index is 14.2. The van der Waals surface area contributed by atoms with Gasteiger partial charge in [-0.25, -0.2) is 4.39 Å². The van der Waals surface area contributed by atoms with Crippen molar-refractivity contribution in [3.63, 3.8) is 0 Å². The van der Waals surface area contributed by atoms with E-state index >= 15 is 0 Å². The van der Waals surface area contributed by atoms with Gasteiger partial charge in [0.2, 0.25) is 16.4 Å². The van der Waals surface area contributed by atoms with Crippen molar-refractivity contribution in [3.05, 3.63) is 0 Å². The van der Waals surface area contributed by atoms with Gasteiger partial charge < -0.3 is 23.7 Å². The fraction of sp³-hybridized carbons (Fsp3) is 0.833. The lowest BCUT2D eigenvalue weighted by Crippen LogP contribution is -2.57. The molecule has 0 spiro atoms. The van der Waals surface area contributed by atoms with Gasteiger partial charge in [-0.2, -0.15) is 0 Å². The number of halogens is 4. The minimum atomic E-state index is -2.02. The molecule has 0 aromatic rings. The monoisotopic (exact) mass is 394 g/mol. The standard InChI is InChI=1S/C12H14Cl3FO7/c1-4(17)19-3-6-7-8(23-11(22-7)12(13,14)15)9(10(16)21-6)20-5(2)18/h6-11H,3H2,1-2H3/t6-,7-,8-,9+,10-,11+/m1/s1. The molecule has 7 nitrogen and oxygen atoms in total. The Labute approximate surface area is 146 Å². The highest BCUT2D eigenvalue weighted by Crippen LogP contribution is 2.43. The van der Waals surface area contributed by atoms with E-state index in [9.17, 15) is 14.0 Å². The van der Waals surface area contributed by atoms with Crippen LogP contribution in [0.15, 0.2) is 0 Å². The lowest BCUT2D eigenvalue weighted by molar-refractivity contribution is -0.246. The van der Waals surface area contributed by atoms with Crippen LogP contribution in [-0.4, -0.2) is 59.4 Å². The fourth-order valence-electron chi connectivity index (χ4n) is 2.31. The fourth-order valence-corrected chi connectivity index (χ4v) is 2.62. The van der Waals surface area contributed by atoms with Gasteiger partial charge in [0, 0.05) is 13.8 Å². The predicted molar refractivity (Wildman–Crippen MR) is 75.8 cm³/mol. The normalized spacial score (nSPS) is 37.1. The largest absolute Gasteiger partial charge is 0.463 e. The molecule has 0 N–H and O–H groups in total. The first kappa shape index (κ1) is 19.0. The van der Waals surface area contributed by atoms with Gasteiger partial charge in [0.15, 0.2) is 6.10 Å². The third kappa shape index (κ3) is 4.58. The van der Waals surface area contributed by atoms with E-state index in [-0.39, 0.29) is 6.61 Å². The zero-order valence-corrected chi connectivity index (χ0v) is 14.3. The summed E-state index contributed by atoms with van der Waals surface area (Å²) in [6.45, 7) is 2.00. The summed E-state index contributed by atoms with van der Waals surface area (Å²) in [6.07, 6.45) is -7.78. The van der Waals surface area contributed by atoms with E-state index < -0.39 is 52.8 Å². The van der Waals surface area contributed by atoms with E-state index in [1.54, 1.807) is 0 Å². The second kappa shape index (κ2) is 7.25. The third-order valence-corrected chi connectivity index (χ3v) is 3.69. The Bertz CT molecular complexity index is 472. The highest BCUT2D eigenvalue weighted by atomic mass is 35.6. The average Bonchev–Trinajstić information content (AvgIpc) is 2.84. The van der Waals surface area contributed by atoms with E-state index in [0.717, 1.165) is 6.92 Å². The van der Waals surface area contributed by atoms with Gasteiger partial charge in [-0.05, 0) is 0 Å². The quantitative estimate of drug-likeness (QED) is 0.531. The topological polar surface area (TPSA) is 80.3 Å². The minimum Gasteiger partial charge on any atom is -0.463 e. The SMILES string of the molecule is CC(=O)OC[C@H]1O[C@@H](F)[C@@H](OC(C)=O)[C@@H]2O[C@@H](C(Cl)(Cl)Cl)O[C@@H]21. The first-order valence-electron chi connectivity index (χ1n) is 6.57. The second-order valence-corrected chi connectivity index (χ2v) is 7.35. The number of rotatable bonds is 3. The molecule has 2 fully saturated rings. The zero-order chi connectivity index (χ0) is 17.4. The summed E-state index contributed by atoms with van der Waals surface area (Å²) < 4.78 is 37.8. The Hall–Kier alpha value is -0.380. The van der Waals surface area contributed by atoms with Crippen LogP contribution in [0.4, 0.5) is 4.39 Å². The van der Waals surface area contributed by atoms with Crippen LogP contribution >= 0.6 is 34.8 Å². The van der Waals surface area contributed by atoms with Gasteiger partial charge in [0.1, 0.15) is 24.9 Å². The Morgan fingerprint density at radius 3 is 2.22 bits per heavy atom. The Morgan fingerprint density at radius 2 is 1.70 bits per heavy atom. The summed E-state index contributed by atoms with van der Waals surface area (Å²) in [5.74, 6) is -1.32. The first-order chi connectivity index (χ1) is 10.6. The summed E-state index contributed by atoms with van der Waals surface area (Å²) in [6, 6.07) is 0. The second-order valence-electron chi connectivity index (χ2n) is 4.98. The Morgan fingerprint density at radius 1 is 1.09 bits per heavy atom.